The quantitative estimate of drug-likeness (QED) is 0.829. The standard InChI is InChI=1S/C20H27F3N4O2/c1-15-6-4-5-9-27(15)18(28)14-25-10-12-26(13-11-25)19(29)24-17-8-3-2-7-16(17)20(21,22)23/h2-3,7-8,15H,4-6,9-14H2,1H3,(H,24,29). The van der Waals surface area contributed by atoms with Gasteiger partial charge in [0.1, 0.15) is 0 Å². The zero-order valence-electron chi connectivity index (χ0n) is 16.5. The van der Waals surface area contributed by atoms with E-state index in [1.807, 2.05) is 9.80 Å². The molecule has 1 aromatic carbocycles. The Balaban J connectivity index is 1.51. The Labute approximate surface area is 168 Å². The lowest BCUT2D eigenvalue weighted by Gasteiger charge is -2.38. The predicted octanol–water partition coefficient (Wildman–Crippen LogP) is 3.26. The first kappa shape index (κ1) is 21.4. The Morgan fingerprint density at radius 3 is 2.41 bits per heavy atom. The Morgan fingerprint density at radius 2 is 1.76 bits per heavy atom. The zero-order valence-corrected chi connectivity index (χ0v) is 16.5. The van der Waals surface area contributed by atoms with E-state index in [1.165, 1.54) is 23.1 Å². The summed E-state index contributed by atoms with van der Waals surface area (Å²) in [5.41, 5.74) is -1.12. The topological polar surface area (TPSA) is 55.9 Å². The lowest BCUT2D eigenvalue weighted by atomic mass is 10.0. The molecule has 3 rings (SSSR count). The largest absolute Gasteiger partial charge is 0.418 e. The molecule has 29 heavy (non-hydrogen) atoms. The number of halogens is 3. The van der Waals surface area contributed by atoms with Gasteiger partial charge in [0.15, 0.2) is 0 Å². The number of carbonyl (C=O) groups excluding carboxylic acids is 2. The maximum Gasteiger partial charge on any atom is 0.418 e. The highest BCUT2D eigenvalue weighted by Gasteiger charge is 2.34. The van der Waals surface area contributed by atoms with Crippen LogP contribution in [0.15, 0.2) is 24.3 Å². The van der Waals surface area contributed by atoms with Crippen LogP contribution in [0.3, 0.4) is 0 Å². The molecule has 160 valence electrons. The van der Waals surface area contributed by atoms with Crippen LogP contribution in [0.2, 0.25) is 0 Å². The van der Waals surface area contributed by atoms with Crippen LogP contribution in [-0.4, -0.2) is 71.9 Å². The Morgan fingerprint density at radius 1 is 1.07 bits per heavy atom. The summed E-state index contributed by atoms with van der Waals surface area (Å²) in [6.07, 6.45) is -1.33. The Bertz CT molecular complexity index is 733. The number of para-hydroxylation sites is 1. The lowest BCUT2D eigenvalue weighted by Crippen LogP contribution is -2.53. The van der Waals surface area contributed by atoms with Crippen LogP contribution in [-0.2, 0) is 11.0 Å². The van der Waals surface area contributed by atoms with Crippen LogP contribution in [0.1, 0.15) is 31.7 Å². The number of alkyl halides is 3. The molecule has 0 bridgehead atoms. The molecule has 2 saturated heterocycles. The molecule has 0 saturated carbocycles. The third kappa shape index (κ3) is 5.41. The highest BCUT2D eigenvalue weighted by molar-refractivity contribution is 5.90. The van der Waals surface area contributed by atoms with Gasteiger partial charge in [0.2, 0.25) is 5.91 Å². The fourth-order valence-corrected chi connectivity index (χ4v) is 3.89. The fourth-order valence-electron chi connectivity index (χ4n) is 3.89. The molecule has 3 amide bonds. The molecular weight excluding hydrogens is 385 g/mol. The van der Waals surface area contributed by atoms with Gasteiger partial charge in [0.05, 0.1) is 17.8 Å². The number of benzene rings is 1. The summed E-state index contributed by atoms with van der Waals surface area (Å²) in [7, 11) is 0. The summed E-state index contributed by atoms with van der Waals surface area (Å²) in [6, 6.07) is 4.64. The molecule has 0 spiro atoms. The van der Waals surface area contributed by atoms with Crippen molar-refractivity contribution in [2.75, 3.05) is 44.6 Å². The average Bonchev–Trinajstić information content (AvgIpc) is 2.68. The number of rotatable bonds is 3. The number of likely N-dealkylation sites (tertiary alicyclic amines) is 1. The average molecular weight is 412 g/mol. The summed E-state index contributed by atoms with van der Waals surface area (Å²) < 4.78 is 39.3. The molecule has 1 aromatic rings. The summed E-state index contributed by atoms with van der Waals surface area (Å²) >= 11 is 0. The van der Waals surface area contributed by atoms with E-state index in [9.17, 15) is 22.8 Å². The van der Waals surface area contributed by atoms with E-state index >= 15 is 0 Å². The maximum atomic E-state index is 13.1. The molecule has 2 aliphatic rings. The normalized spacial score (nSPS) is 21.2. The van der Waals surface area contributed by atoms with Gasteiger partial charge in [-0.3, -0.25) is 9.69 Å². The number of urea groups is 1. The van der Waals surface area contributed by atoms with Crippen molar-refractivity contribution in [3.05, 3.63) is 29.8 Å². The van der Waals surface area contributed by atoms with Crippen molar-refractivity contribution in [2.45, 2.75) is 38.4 Å². The van der Waals surface area contributed by atoms with Gasteiger partial charge in [-0.1, -0.05) is 12.1 Å². The van der Waals surface area contributed by atoms with Crippen LogP contribution >= 0.6 is 0 Å². The molecule has 1 unspecified atom stereocenters. The van der Waals surface area contributed by atoms with Gasteiger partial charge in [-0.2, -0.15) is 13.2 Å². The van der Waals surface area contributed by atoms with Gasteiger partial charge >= 0.3 is 12.2 Å². The number of nitrogens with one attached hydrogen (secondary N) is 1. The van der Waals surface area contributed by atoms with Crippen molar-refractivity contribution in [2.24, 2.45) is 0 Å². The predicted molar refractivity (Wildman–Crippen MR) is 104 cm³/mol. The van der Waals surface area contributed by atoms with Gasteiger partial charge in [0.25, 0.3) is 0 Å². The van der Waals surface area contributed by atoms with E-state index in [0.717, 1.165) is 31.9 Å². The first-order chi connectivity index (χ1) is 13.8. The minimum atomic E-state index is -4.53. The molecule has 2 fully saturated rings. The second-order valence-electron chi connectivity index (χ2n) is 7.67. The molecule has 1 N–H and O–H groups in total. The first-order valence-electron chi connectivity index (χ1n) is 9.99. The molecule has 2 aliphatic heterocycles. The summed E-state index contributed by atoms with van der Waals surface area (Å²) in [5, 5.41) is 2.37. The molecule has 2 heterocycles. The summed E-state index contributed by atoms with van der Waals surface area (Å²) in [4.78, 5) is 30.4. The Kier molecular flexibility index (Phi) is 6.66. The number of nitrogens with zero attached hydrogens (tertiary/aromatic N) is 3. The number of piperazine rings is 1. The van der Waals surface area contributed by atoms with E-state index in [4.69, 9.17) is 0 Å². The molecule has 6 nitrogen and oxygen atoms in total. The van der Waals surface area contributed by atoms with Crippen LogP contribution in [0.25, 0.3) is 0 Å². The number of hydrogen-bond acceptors (Lipinski definition) is 3. The number of anilines is 1. The molecule has 1 atom stereocenters. The van der Waals surface area contributed by atoms with Gasteiger partial charge in [-0.15, -0.1) is 0 Å². The van der Waals surface area contributed by atoms with Crippen molar-refractivity contribution < 1.29 is 22.8 Å². The summed E-state index contributed by atoms with van der Waals surface area (Å²) in [6.45, 7) is 4.94. The van der Waals surface area contributed by atoms with Crippen LogP contribution < -0.4 is 5.32 Å². The van der Waals surface area contributed by atoms with Crippen molar-refractivity contribution in [3.8, 4) is 0 Å². The SMILES string of the molecule is CC1CCCCN1C(=O)CN1CCN(C(=O)Nc2ccccc2C(F)(F)F)CC1. The van der Waals surface area contributed by atoms with Crippen molar-refractivity contribution in [1.29, 1.82) is 0 Å². The van der Waals surface area contributed by atoms with E-state index < -0.39 is 17.8 Å². The number of amides is 3. The van der Waals surface area contributed by atoms with Gasteiger partial charge < -0.3 is 15.1 Å². The van der Waals surface area contributed by atoms with Crippen LogP contribution in [0.5, 0.6) is 0 Å². The van der Waals surface area contributed by atoms with Crippen molar-refractivity contribution >= 4 is 17.6 Å². The maximum absolute atomic E-state index is 13.1. The first-order valence-corrected chi connectivity index (χ1v) is 9.99. The van der Waals surface area contributed by atoms with Crippen LogP contribution in [0.4, 0.5) is 23.7 Å². The minimum Gasteiger partial charge on any atom is -0.339 e. The molecule has 9 heteroatoms. The molecule has 0 radical (unpaired) electrons. The smallest absolute Gasteiger partial charge is 0.339 e. The lowest BCUT2D eigenvalue weighted by molar-refractivity contribution is -0.137. The number of hydrogen-bond donors (Lipinski definition) is 1. The second-order valence-corrected chi connectivity index (χ2v) is 7.67. The third-order valence-electron chi connectivity index (χ3n) is 5.62. The number of carbonyl (C=O) groups is 2. The second kappa shape index (κ2) is 9.02. The van der Waals surface area contributed by atoms with E-state index in [-0.39, 0.29) is 17.6 Å². The van der Waals surface area contributed by atoms with Gasteiger partial charge in [-0.25, -0.2) is 4.79 Å². The monoisotopic (exact) mass is 412 g/mol. The number of piperidine rings is 1. The summed E-state index contributed by atoms with van der Waals surface area (Å²) in [5.74, 6) is 0.106. The van der Waals surface area contributed by atoms with E-state index in [2.05, 4.69) is 12.2 Å². The molecule has 0 aromatic heterocycles. The third-order valence-corrected chi connectivity index (χ3v) is 5.62. The molecule has 0 aliphatic carbocycles. The highest BCUT2D eigenvalue weighted by atomic mass is 19.4. The fraction of sp³-hybridized carbons (Fsp3) is 0.600. The van der Waals surface area contributed by atoms with Gasteiger partial charge in [-0.05, 0) is 38.3 Å². The van der Waals surface area contributed by atoms with Gasteiger partial charge in [0, 0.05) is 38.8 Å². The zero-order chi connectivity index (χ0) is 21.0. The minimum absolute atomic E-state index is 0.106. The van der Waals surface area contributed by atoms with Crippen molar-refractivity contribution in [1.82, 2.24) is 14.7 Å². The van der Waals surface area contributed by atoms with Crippen molar-refractivity contribution in [3.63, 3.8) is 0 Å². The molecular formula is C20H27F3N4O2. The van der Waals surface area contributed by atoms with Crippen LogP contribution in [0, 0.1) is 0 Å². The van der Waals surface area contributed by atoms with E-state index in [0.29, 0.717) is 32.7 Å². The Hall–Kier alpha value is -2.29. The highest BCUT2D eigenvalue weighted by Crippen LogP contribution is 2.34. The van der Waals surface area contributed by atoms with E-state index in [1.54, 1.807) is 0 Å².